The van der Waals surface area contributed by atoms with Gasteiger partial charge in [0, 0.05) is 42.7 Å². The van der Waals surface area contributed by atoms with Crippen molar-refractivity contribution in [3.63, 3.8) is 0 Å². The summed E-state index contributed by atoms with van der Waals surface area (Å²) in [7, 11) is 0. The number of aryl methyl sites for hydroxylation is 1. The minimum Gasteiger partial charge on any atom is -0.370 e. The third-order valence-electron chi connectivity index (χ3n) is 4.34. The van der Waals surface area contributed by atoms with Gasteiger partial charge in [-0.25, -0.2) is 0 Å². The lowest BCUT2D eigenvalue weighted by atomic mass is 9.84. The highest BCUT2D eigenvalue weighted by Gasteiger charge is 2.34. The first kappa shape index (κ1) is 14.1. The Balaban J connectivity index is 0.000000636. The highest BCUT2D eigenvalue weighted by atomic mass is 15.2. The molecule has 0 N–H and O–H groups in total. The van der Waals surface area contributed by atoms with E-state index in [2.05, 4.69) is 35.0 Å². The van der Waals surface area contributed by atoms with Crippen LogP contribution in [0.25, 0.3) is 11.1 Å². The predicted molar refractivity (Wildman–Crippen MR) is 87.7 cm³/mol. The van der Waals surface area contributed by atoms with Crippen molar-refractivity contribution in [1.29, 1.82) is 0 Å². The Morgan fingerprint density at radius 3 is 2.43 bits per heavy atom. The summed E-state index contributed by atoms with van der Waals surface area (Å²) in [6, 6.07) is 6.41. The van der Waals surface area contributed by atoms with Crippen molar-refractivity contribution < 1.29 is 0 Å². The van der Waals surface area contributed by atoms with Gasteiger partial charge < -0.3 is 4.90 Å². The van der Waals surface area contributed by atoms with E-state index in [1.807, 2.05) is 26.2 Å². The average molecular weight is 281 g/mol. The normalized spacial score (nSPS) is 16.2. The first-order valence-electron chi connectivity index (χ1n) is 8.00. The Morgan fingerprint density at radius 2 is 1.76 bits per heavy atom. The number of rotatable bonds is 1. The van der Waals surface area contributed by atoms with Gasteiger partial charge in [0.2, 0.25) is 0 Å². The van der Waals surface area contributed by atoms with Crippen molar-refractivity contribution in [3.05, 3.63) is 42.0 Å². The lowest BCUT2D eigenvalue weighted by Crippen LogP contribution is -2.39. The van der Waals surface area contributed by atoms with Crippen molar-refractivity contribution in [3.8, 4) is 11.1 Å². The fraction of sp³-hybridized carbons (Fsp3) is 0.444. The molecule has 0 spiro atoms. The summed E-state index contributed by atoms with van der Waals surface area (Å²) in [5.41, 5.74) is 6.40. The molecule has 1 saturated heterocycles. The summed E-state index contributed by atoms with van der Waals surface area (Å²) < 4.78 is 0. The number of anilines is 1. The number of pyridine rings is 2. The molecule has 2 aromatic rings. The number of piperidine rings is 1. The first-order chi connectivity index (χ1) is 10.3. The summed E-state index contributed by atoms with van der Waals surface area (Å²) in [5.74, 6) is 0.667. The van der Waals surface area contributed by atoms with Gasteiger partial charge in [0.1, 0.15) is 0 Å². The van der Waals surface area contributed by atoms with Crippen LogP contribution in [0.4, 0.5) is 5.69 Å². The van der Waals surface area contributed by atoms with Crippen molar-refractivity contribution in [1.82, 2.24) is 9.97 Å². The standard InChI is InChI=1S/C16H17N3.C2H6/c1-11-10-14(12-2-6-17-7-3-12)16-15(18-11)13-4-8-19(16)9-5-13;1-2/h2-3,6-7,10,13H,4-5,8-9H2,1H3;1-2H3. The van der Waals surface area contributed by atoms with E-state index in [4.69, 9.17) is 4.98 Å². The molecule has 0 radical (unpaired) electrons. The quantitative estimate of drug-likeness (QED) is 0.785. The van der Waals surface area contributed by atoms with E-state index in [0.717, 1.165) is 5.69 Å². The zero-order valence-electron chi connectivity index (χ0n) is 13.1. The zero-order chi connectivity index (χ0) is 14.8. The Bertz CT molecular complexity index is 614. The van der Waals surface area contributed by atoms with Crippen molar-refractivity contribution in [2.24, 2.45) is 0 Å². The molecule has 110 valence electrons. The summed E-state index contributed by atoms with van der Waals surface area (Å²) in [5, 5.41) is 0. The molecule has 0 atom stereocenters. The molecule has 5 rings (SSSR count). The lowest BCUT2D eigenvalue weighted by molar-refractivity contribution is 0.463. The SMILES string of the molecule is CC.Cc1cc(-c2ccncc2)c2c(n1)C1CCN2CC1. The fourth-order valence-electron chi connectivity index (χ4n) is 3.44. The summed E-state index contributed by atoms with van der Waals surface area (Å²) in [4.78, 5) is 11.5. The van der Waals surface area contributed by atoms with Crippen molar-refractivity contribution in [2.45, 2.75) is 39.5 Å². The van der Waals surface area contributed by atoms with E-state index in [1.165, 1.54) is 48.4 Å². The molecule has 1 fully saturated rings. The number of hydrogen-bond acceptors (Lipinski definition) is 3. The second-order valence-electron chi connectivity index (χ2n) is 5.54. The smallest absolute Gasteiger partial charge is 0.0678 e. The molecule has 0 amide bonds. The molecule has 0 unspecified atom stereocenters. The second kappa shape index (κ2) is 5.84. The van der Waals surface area contributed by atoms with E-state index in [-0.39, 0.29) is 0 Å². The van der Waals surface area contributed by atoms with Gasteiger partial charge in [0.25, 0.3) is 0 Å². The van der Waals surface area contributed by atoms with E-state index in [1.54, 1.807) is 0 Å². The van der Waals surface area contributed by atoms with Gasteiger partial charge in [0.05, 0.1) is 11.4 Å². The Labute approximate surface area is 127 Å². The van der Waals surface area contributed by atoms with Crippen LogP contribution >= 0.6 is 0 Å². The van der Waals surface area contributed by atoms with Crippen LogP contribution < -0.4 is 4.90 Å². The fourth-order valence-corrected chi connectivity index (χ4v) is 3.44. The summed E-state index contributed by atoms with van der Waals surface area (Å²) in [6.07, 6.45) is 6.26. The van der Waals surface area contributed by atoms with Gasteiger partial charge in [-0.3, -0.25) is 9.97 Å². The van der Waals surface area contributed by atoms with E-state index >= 15 is 0 Å². The molecule has 5 heterocycles. The van der Waals surface area contributed by atoms with Crippen LogP contribution in [0.2, 0.25) is 0 Å². The summed E-state index contributed by atoms with van der Waals surface area (Å²) in [6.45, 7) is 8.46. The maximum Gasteiger partial charge on any atom is 0.0678 e. The predicted octanol–water partition coefficient (Wildman–Crippen LogP) is 4.18. The second-order valence-corrected chi connectivity index (χ2v) is 5.54. The van der Waals surface area contributed by atoms with E-state index in [9.17, 15) is 0 Å². The first-order valence-corrected chi connectivity index (χ1v) is 8.00. The van der Waals surface area contributed by atoms with Gasteiger partial charge in [-0.2, -0.15) is 0 Å². The molecule has 3 aliphatic heterocycles. The topological polar surface area (TPSA) is 29.0 Å². The molecule has 0 aliphatic carbocycles. The molecular formula is C18H23N3. The van der Waals surface area contributed by atoms with Gasteiger partial charge in [-0.15, -0.1) is 0 Å². The molecule has 2 bridgehead atoms. The number of hydrogen-bond donors (Lipinski definition) is 0. The maximum absolute atomic E-state index is 4.83. The van der Waals surface area contributed by atoms with E-state index in [0.29, 0.717) is 5.92 Å². The maximum atomic E-state index is 4.83. The Kier molecular flexibility index (Phi) is 3.91. The van der Waals surface area contributed by atoms with Crippen LogP contribution in [0.1, 0.15) is 44.0 Å². The Morgan fingerprint density at radius 1 is 1.10 bits per heavy atom. The van der Waals surface area contributed by atoms with Crippen LogP contribution in [0.3, 0.4) is 0 Å². The highest BCUT2D eigenvalue weighted by Crippen LogP contribution is 2.46. The van der Waals surface area contributed by atoms with Gasteiger partial charge in [-0.1, -0.05) is 13.8 Å². The van der Waals surface area contributed by atoms with Crippen LogP contribution in [0.15, 0.2) is 30.6 Å². The molecular weight excluding hydrogens is 258 g/mol. The molecule has 3 aliphatic rings. The lowest BCUT2D eigenvalue weighted by Gasteiger charge is -2.42. The molecule has 3 nitrogen and oxygen atoms in total. The van der Waals surface area contributed by atoms with Gasteiger partial charge in [-0.05, 0) is 43.5 Å². The molecule has 2 aromatic heterocycles. The van der Waals surface area contributed by atoms with Gasteiger partial charge >= 0.3 is 0 Å². The Hall–Kier alpha value is -1.90. The number of fused-ring (bicyclic) bond motifs is 2. The monoisotopic (exact) mass is 281 g/mol. The number of nitrogens with zero attached hydrogens (tertiary/aromatic N) is 3. The third-order valence-corrected chi connectivity index (χ3v) is 4.34. The van der Waals surface area contributed by atoms with Crippen LogP contribution in [0, 0.1) is 6.92 Å². The van der Waals surface area contributed by atoms with Crippen LogP contribution in [-0.2, 0) is 0 Å². The minimum atomic E-state index is 0.667. The van der Waals surface area contributed by atoms with Crippen molar-refractivity contribution >= 4 is 5.69 Å². The molecule has 3 heteroatoms. The summed E-state index contributed by atoms with van der Waals surface area (Å²) >= 11 is 0. The third kappa shape index (κ3) is 2.41. The zero-order valence-corrected chi connectivity index (χ0v) is 13.1. The van der Waals surface area contributed by atoms with Crippen LogP contribution in [-0.4, -0.2) is 23.1 Å². The minimum absolute atomic E-state index is 0.667. The molecule has 0 saturated carbocycles. The molecule has 21 heavy (non-hydrogen) atoms. The van der Waals surface area contributed by atoms with Crippen molar-refractivity contribution in [2.75, 3.05) is 18.0 Å². The molecule has 0 aromatic carbocycles. The average Bonchev–Trinajstić information content (AvgIpc) is 2.57. The number of aromatic nitrogens is 2. The van der Waals surface area contributed by atoms with Gasteiger partial charge in [0.15, 0.2) is 0 Å². The largest absolute Gasteiger partial charge is 0.370 e. The highest BCUT2D eigenvalue weighted by molar-refractivity contribution is 5.82. The van der Waals surface area contributed by atoms with E-state index < -0.39 is 0 Å². The van der Waals surface area contributed by atoms with Crippen LogP contribution in [0.5, 0.6) is 0 Å².